The van der Waals surface area contributed by atoms with Gasteiger partial charge in [-0.05, 0) is 18.6 Å². The number of hydrogen-bond donors (Lipinski definition) is 0. The van der Waals surface area contributed by atoms with Crippen LogP contribution in [0, 0.1) is 0 Å². The fourth-order valence-electron chi connectivity index (χ4n) is 2.19. The number of benzene rings is 1. The average Bonchev–Trinajstić information content (AvgIpc) is 2.68. The van der Waals surface area contributed by atoms with Gasteiger partial charge in [-0.15, -0.1) is 0 Å². The highest BCUT2D eigenvalue weighted by molar-refractivity contribution is 5.85. The number of hydrogen-bond acceptors (Lipinski definition) is 3. The maximum atomic E-state index is 11.2. The molecule has 0 amide bonds. The van der Waals surface area contributed by atoms with Gasteiger partial charge in [0.1, 0.15) is 11.9 Å². The van der Waals surface area contributed by atoms with Crippen molar-refractivity contribution in [2.24, 2.45) is 0 Å². The molecular formula is C14H14O3. The number of aldehydes is 1. The van der Waals surface area contributed by atoms with Gasteiger partial charge < -0.3 is 9.53 Å². The first kappa shape index (κ1) is 11.6. The molecule has 0 fully saturated rings. The van der Waals surface area contributed by atoms with Gasteiger partial charge in [0.2, 0.25) is 0 Å². The SMILES string of the molecule is C[C@]1([C@@H](CC=O)c2ccccc2)C=CC(=O)O1. The van der Waals surface area contributed by atoms with Gasteiger partial charge in [0.25, 0.3) is 0 Å². The van der Waals surface area contributed by atoms with Crippen LogP contribution < -0.4 is 0 Å². The quantitative estimate of drug-likeness (QED) is 0.588. The van der Waals surface area contributed by atoms with Crippen molar-refractivity contribution in [1.29, 1.82) is 0 Å². The van der Waals surface area contributed by atoms with Gasteiger partial charge in [-0.25, -0.2) is 4.79 Å². The maximum absolute atomic E-state index is 11.2. The highest BCUT2D eigenvalue weighted by Gasteiger charge is 2.39. The van der Waals surface area contributed by atoms with E-state index in [4.69, 9.17) is 4.74 Å². The van der Waals surface area contributed by atoms with E-state index in [0.29, 0.717) is 6.42 Å². The van der Waals surface area contributed by atoms with Gasteiger partial charge in [-0.3, -0.25) is 0 Å². The second-order valence-corrected chi connectivity index (χ2v) is 4.30. The molecule has 0 unspecified atom stereocenters. The van der Waals surface area contributed by atoms with E-state index in [9.17, 15) is 9.59 Å². The first-order chi connectivity index (χ1) is 8.15. The van der Waals surface area contributed by atoms with Crippen LogP contribution in [0.25, 0.3) is 0 Å². The second kappa shape index (κ2) is 4.53. The zero-order valence-corrected chi connectivity index (χ0v) is 9.63. The van der Waals surface area contributed by atoms with Gasteiger partial charge in [0.15, 0.2) is 0 Å². The Morgan fingerprint density at radius 3 is 2.59 bits per heavy atom. The van der Waals surface area contributed by atoms with Crippen LogP contribution >= 0.6 is 0 Å². The van der Waals surface area contributed by atoms with E-state index < -0.39 is 5.60 Å². The molecule has 0 radical (unpaired) electrons. The molecule has 1 aromatic rings. The Morgan fingerprint density at radius 2 is 2.06 bits per heavy atom. The molecule has 2 atom stereocenters. The molecule has 3 heteroatoms. The van der Waals surface area contributed by atoms with Crippen LogP contribution in [0.2, 0.25) is 0 Å². The number of ether oxygens (including phenoxy) is 1. The van der Waals surface area contributed by atoms with Gasteiger partial charge in [-0.2, -0.15) is 0 Å². The zero-order valence-electron chi connectivity index (χ0n) is 9.63. The predicted octanol–water partition coefficient (Wildman–Crippen LogP) is 2.23. The molecule has 0 saturated heterocycles. The van der Waals surface area contributed by atoms with Crippen LogP contribution in [-0.4, -0.2) is 17.9 Å². The first-order valence-electron chi connectivity index (χ1n) is 5.56. The summed E-state index contributed by atoms with van der Waals surface area (Å²) in [7, 11) is 0. The van der Waals surface area contributed by atoms with E-state index >= 15 is 0 Å². The highest BCUT2D eigenvalue weighted by atomic mass is 16.6. The summed E-state index contributed by atoms with van der Waals surface area (Å²) in [5, 5.41) is 0. The summed E-state index contributed by atoms with van der Waals surface area (Å²) in [6.45, 7) is 1.83. The summed E-state index contributed by atoms with van der Waals surface area (Å²) in [4.78, 5) is 22.0. The third kappa shape index (κ3) is 2.28. The van der Waals surface area contributed by atoms with Gasteiger partial charge in [0, 0.05) is 18.4 Å². The van der Waals surface area contributed by atoms with Crippen molar-refractivity contribution in [2.45, 2.75) is 24.9 Å². The van der Waals surface area contributed by atoms with Crippen LogP contribution in [0.3, 0.4) is 0 Å². The summed E-state index contributed by atoms with van der Waals surface area (Å²) in [5.74, 6) is -0.483. The Labute approximate surface area is 100 Å². The molecule has 1 aliphatic heterocycles. The number of carbonyl (C=O) groups excluding carboxylic acids is 2. The molecule has 0 N–H and O–H groups in total. The summed E-state index contributed by atoms with van der Waals surface area (Å²) in [5.41, 5.74) is 0.278. The molecule has 3 nitrogen and oxygen atoms in total. The van der Waals surface area contributed by atoms with E-state index in [2.05, 4.69) is 0 Å². The normalized spacial score (nSPS) is 24.4. The molecule has 0 aromatic heterocycles. The Morgan fingerprint density at radius 1 is 1.35 bits per heavy atom. The van der Waals surface area contributed by atoms with Crippen molar-refractivity contribution in [3.05, 3.63) is 48.0 Å². The van der Waals surface area contributed by atoms with E-state index in [0.717, 1.165) is 11.8 Å². The molecule has 1 heterocycles. The lowest BCUT2D eigenvalue weighted by atomic mass is 9.81. The second-order valence-electron chi connectivity index (χ2n) is 4.30. The molecular weight excluding hydrogens is 216 g/mol. The molecule has 0 saturated carbocycles. The molecule has 1 aromatic carbocycles. The van der Waals surface area contributed by atoms with Crippen molar-refractivity contribution in [2.75, 3.05) is 0 Å². The summed E-state index contributed by atoms with van der Waals surface area (Å²) >= 11 is 0. The van der Waals surface area contributed by atoms with Gasteiger partial charge in [0.05, 0.1) is 0 Å². The van der Waals surface area contributed by atoms with Crippen molar-refractivity contribution >= 4 is 12.3 Å². The number of esters is 1. The molecule has 17 heavy (non-hydrogen) atoms. The summed E-state index contributed by atoms with van der Waals surface area (Å²) in [6.07, 6.45) is 4.35. The first-order valence-corrected chi connectivity index (χ1v) is 5.56. The Balaban J connectivity index is 2.33. The van der Waals surface area contributed by atoms with Crippen molar-refractivity contribution < 1.29 is 14.3 Å². The molecule has 1 aliphatic rings. The minimum atomic E-state index is -0.723. The zero-order chi connectivity index (χ0) is 12.3. The largest absolute Gasteiger partial charge is 0.451 e. The Kier molecular flexibility index (Phi) is 3.09. The van der Waals surface area contributed by atoms with Gasteiger partial charge in [-0.1, -0.05) is 30.3 Å². The fourth-order valence-corrected chi connectivity index (χ4v) is 2.19. The lowest BCUT2D eigenvalue weighted by Gasteiger charge is -2.30. The van der Waals surface area contributed by atoms with E-state index in [1.165, 1.54) is 6.08 Å². The van der Waals surface area contributed by atoms with Crippen LogP contribution in [0.15, 0.2) is 42.5 Å². The topological polar surface area (TPSA) is 43.4 Å². The molecule has 0 aliphatic carbocycles. The minimum Gasteiger partial charge on any atom is -0.451 e. The fraction of sp³-hybridized carbons (Fsp3) is 0.286. The van der Waals surface area contributed by atoms with E-state index in [1.807, 2.05) is 37.3 Å². The van der Waals surface area contributed by atoms with E-state index in [-0.39, 0.29) is 11.9 Å². The third-order valence-electron chi connectivity index (χ3n) is 3.10. The number of rotatable bonds is 4. The van der Waals surface area contributed by atoms with Crippen LogP contribution in [0.1, 0.15) is 24.8 Å². The van der Waals surface area contributed by atoms with Crippen molar-refractivity contribution in [3.8, 4) is 0 Å². The molecule has 2 rings (SSSR count). The van der Waals surface area contributed by atoms with Crippen LogP contribution in [0.4, 0.5) is 0 Å². The average molecular weight is 230 g/mol. The monoisotopic (exact) mass is 230 g/mol. The Hall–Kier alpha value is -1.90. The van der Waals surface area contributed by atoms with Crippen LogP contribution in [0.5, 0.6) is 0 Å². The van der Waals surface area contributed by atoms with Gasteiger partial charge >= 0.3 is 5.97 Å². The number of cyclic esters (lactones) is 1. The van der Waals surface area contributed by atoms with Crippen molar-refractivity contribution in [1.82, 2.24) is 0 Å². The number of carbonyl (C=O) groups is 2. The van der Waals surface area contributed by atoms with Crippen LogP contribution in [-0.2, 0) is 14.3 Å². The molecule has 0 spiro atoms. The minimum absolute atomic E-state index is 0.135. The standard InChI is InChI=1S/C14H14O3/c1-14(9-7-13(16)17-14)12(8-10-15)11-5-3-2-4-6-11/h2-7,9-10,12H,8H2,1H3/t12-,14+/m0/s1. The molecule has 0 bridgehead atoms. The predicted molar refractivity (Wildman–Crippen MR) is 63.5 cm³/mol. The van der Waals surface area contributed by atoms with E-state index in [1.54, 1.807) is 6.08 Å². The Bertz CT molecular complexity index is 450. The maximum Gasteiger partial charge on any atom is 0.331 e. The lowest BCUT2D eigenvalue weighted by Crippen LogP contribution is -2.32. The lowest BCUT2D eigenvalue weighted by molar-refractivity contribution is -0.146. The highest BCUT2D eigenvalue weighted by Crippen LogP contribution is 2.37. The van der Waals surface area contributed by atoms with Crippen molar-refractivity contribution in [3.63, 3.8) is 0 Å². The third-order valence-corrected chi connectivity index (χ3v) is 3.10. The summed E-state index contributed by atoms with van der Waals surface area (Å²) < 4.78 is 5.31. The summed E-state index contributed by atoms with van der Waals surface area (Å²) in [6, 6.07) is 9.63. The smallest absolute Gasteiger partial charge is 0.331 e. The molecule has 88 valence electrons.